The first kappa shape index (κ1) is 17.9. The van der Waals surface area contributed by atoms with Gasteiger partial charge in [0.15, 0.2) is 0 Å². The van der Waals surface area contributed by atoms with E-state index in [-0.39, 0.29) is 17.5 Å². The molecule has 1 aromatic rings. The van der Waals surface area contributed by atoms with Crippen molar-refractivity contribution < 1.29 is 4.79 Å². The molecule has 1 fully saturated rings. The highest BCUT2D eigenvalue weighted by Crippen LogP contribution is 2.43. The maximum atomic E-state index is 13.0. The standard InChI is InChI=1S/C20H29N3O2/c1-4-5-10-23-19(24)9-8-18(21-23)20(25)22(14(2)3)13-17-12-15-6-7-16(17)11-15/h6-9,14-17H,4-5,10-13H2,1-3H3/t15-,16-,17-/m0/s1. The van der Waals surface area contributed by atoms with Gasteiger partial charge in [0, 0.05) is 25.2 Å². The molecule has 0 radical (unpaired) electrons. The molecule has 2 aliphatic carbocycles. The van der Waals surface area contributed by atoms with Crippen LogP contribution in [0.25, 0.3) is 0 Å². The van der Waals surface area contributed by atoms with Crippen LogP contribution in [0.3, 0.4) is 0 Å². The zero-order valence-electron chi connectivity index (χ0n) is 15.5. The third kappa shape index (κ3) is 3.86. The molecule has 0 N–H and O–H groups in total. The second-order valence-electron chi connectivity index (χ2n) is 7.73. The predicted molar refractivity (Wildman–Crippen MR) is 98.4 cm³/mol. The number of fused-ring (bicyclic) bond motifs is 2. The van der Waals surface area contributed by atoms with Crippen molar-refractivity contribution in [2.75, 3.05) is 6.54 Å². The summed E-state index contributed by atoms with van der Waals surface area (Å²) in [6, 6.07) is 3.16. The summed E-state index contributed by atoms with van der Waals surface area (Å²) in [6.07, 6.45) is 8.95. The number of carbonyl (C=O) groups excluding carboxylic acids is 1. The molecule has 0 aliphatic heterocycles. The maximum absolute atomic E-state index is 13.0. The van der Waals surface area contributed by atoms with Crippen LogP contribution in [-0.4, -0.2) is 33.2 Å². The van der Waals surface area contributed by atoms with Gasteiger partial charge < -0.3 is 4.90 Å². The lowest BCUT2D eigenvalue weighted by molar-refractivity contribution is 0.0652. The number of unbranched alkanes of at least 4 members (excludes halogenated alkanes) is 1. The fraction of sp³-hybridized carbons (Fsp3) is 0.650. The smallest absolute Gasteiger partial charge is 0.274 e. The Morgan fingerprint density at radius 3 is 2.72 bits per heavy atom. The third-order valence-corrected chi connectivity index (χ3v) is 5.54. The van der Waals surface area contributed by atoms with Crippen molar-refractivity contribution in [1.29, 1.82) is 0 Å². The molecule has 3 atom stereocenters. The van der Waals surface area contributed by atoms with E-state index in [0.29, 0.717) is 30.0 Å². The van der Waals surface area contributed by atoms with Crippen LogP contribution in [0.4, 0.5) is 0 Å². The van der Waals surface area contributed by atoms with Crippen LogP contribution in [0.15, 0.2) is 29.1 Å². The summed E-state index contributed by atoms with van der Waals surface area (Å²) in [7, 11) is 0. The lowest BCUT2D eigenvalue weighted by atomic mass is 9.92. The van der Waals surface area contributed by atoms with E-state index in [0.717, 1.165) is 19.4 Å². The van der Waals surface area contributed by atoms with Gasteiger partial charge in [-0.3, -0.25) is 9.59 Å². The summed E-state index contributed by atoms with van der Waals surface area (Å²) in [5.74, 6) is 1.80. The van der Waals surface area contributed by atoms with Gasteiger partial charge in [-0.05, 0) is 56.9 Å². The molecule has 3 rings (SSSR count). The molecule has 1 saturated carbocycles. The molecular formula is C20H29N3O2. The molecule has 1 amide bonds. The van der Waals surface area contributed by atoms with Gasteiger partial charge in [0.25, 0.3) is 11.5 Å². The Labute approximate surface area is 149 Å². The van der Waals surface area contributed by atoms with E-state index in [9.17, 15) is 9.59 Å². The van der Waals surface area contributed by atoms with Gasteiger partial charge in [-0.2, -0.15) is 5.10 Å². The lowest BCUT2D eigenvalue weighted by Crippen LogP contribution is -2.42. The number of aromatic nitrogens is 2. The van der Waals surface area contributed by atoms with E-state index in [1.807, 2.05) is 18.7 Å². The van der Waals surface area contributed by atoms with Gasteiger partial charge in [0.05, 0.1) is 0 Å². The van der Waals surface area contributed by atoms with Crippen LogP contribution < -0.4 is 5.56 Å². The molecule has 1 heterocycles. The number of hydrogen-bond acceptors (Lipinski definition) is 3. The van der Waals surface area contributed by atoms with Gasteiger partial charge in [-0.15, -0.1) is 0 Å². The number of aryl methyl sites for hydroxylation is 1. The average molecular weight is 343 g/mol. The maximum Gasteiger partial charge on any atom is 0.274 e. The third-order valence-electron chi connectivity index (χ3n) is 5.54. The van der Waals surface area contributed by atoms with Crippen LogP contribution in [0, 0.1) is 17.8 Å². The Hall–Kier alpha value is -1.91. The average Bonchev–Trinajstić information content (AvgIpc) is 3.21. The van der Waals surface area contributed by atoms with Crippen LogP contribution in [0.5, 0.6) is 0 Å². The van der Waals surface area contributed by atoms with E-state index < -0.39 is 0 Å². The minimum atomic E-state index is -0.140. The Bertz CT molecular complexity index is 707. The van der Waals surface area contributed by atoms with Crippen LogP contribution in [0.1, 0.15) is 56.9 Å². The molecule has 0 spiro atoms. The second-order valence-corrected chi connectivity index (χ2v) is 7.73. The van der Waals surface area contributed by atoms with E-state index >= 15 is 0 Å². The van der Waals surface area contributed by atoms with E-state index in [1.165, 1.54) is 23.6 Å². The molecule has 5 nitrogen and oxygen atoms in total. The highest BCUT2D eigenvalue weighted by molar-refractivity contribution is 5.92. The first-order chi connectivity index (χ1) is 12.0. The summed E-state index contributed by atoms with van der Waals surface area (Å²) >= 11 is 0. The zero-order chi connectivity index (χ0) is 18.0. The summed E-state index contributed by atoms with van der Waals surface area (Å²) in [6.45, 7) is 7.51. The highest BCUT2D eigenvalue weighted by atomic mass is 16.2. The highest BCUT2D eigenvalue weighted by Gasteiger charge is 2.37. The molecular weight excluding hydrogens is 314 g/mol. The molecule has 2 bridgehead atoms. The van der Waals surface area contributed by atoms with Crippen molar-refractivity contribution in [3.05, 3.63) is 40.3 Å². The SMILES string of the molecule is CCCCn1nc(C(=O)N(C[C@@H]2C[C@H]3C=C[C@H]2C3)C(C)C)ccc1=O. The molecule has 136 valence electrons. The number of allylic oxidation sites excluding steroid dienone is 2. The molecule has 1 aromatic heterocycles. The number of nitrogens with zero attached hydrogens (tertiary/aromatic N) is 3. The van der Waals surface area contributed by atoms with Crippen molar-refractivity contribution >= 4 is 5.91 Å². The zero-order valence-corrected chi connectivity index (χ0v) is 15.5. The quantitative estimate of drug-likeness (QED) is 0.715. The van der Waals surface area contributed by atoms with Crippen LogP contribution >= 0.6 is 0 Å². The van der Waals surface area contributed by atoms with Gasteiger partial charge in [-0.1, -0.05) is 25.5 Å². The molecule has 5 heteroatoms. The first-order valence-electron chi connectivity index (χ1n) is 9.57. The fourth-order valence-electron chi connectivity index (χ4n) is 4.06. The normalized spacial score (nSPS) is 24.2. The monoisotopic (exact) mass is 343 g/mol. The molecule has 25 heavy (non-hydrogen) atoms. The predicted octanol–water partition coefficient (Wildman–Crippen LogP) is 3.11. The lowest BCUT2D eigenvalue weighted by Gasteiger charge is -2.31. The summed E-state index contributed by atoms with van der Waals surface area (Å²) in [4.78, 5) is 26.9. The number of carbonyl (C=O) groups is 1. The number of amides is 1. The molecule has 0 aromatic carbocycles. The number of rotatable bonds is 7. The summed E-state index contributed by atoms with van der Waals surface area (Å²) < 4.78 is 1.43. The minimum absolute atomic E-state index is 0.0630. The second kappa shape index (κ2) is 7.54. The van der Waals surface area contributed by atoms with E-state index in [4.69, 9.17) is 0 Å². The fourth-order valence-corrected chi connectivity index (χ4v) is 4.06. The van der Waals surface area contributed by atoms with Crippen LogP contribution in [-0.2, 0) is 6.54 Å². The van der Waals surface area contributed by atoms with Gasteiger partial charge >= 0.3 is 0 Å². The van der Waals surface area contributed by atoms with E-state index in [2.05, 4.69) is 24.2 Å². The summed E-state index contributed by atoms with van der Waals surface area (Å²) in [5, 5.41) is 4.33. The van der Waals surface area contributed by atoms with Crippen molar-refractivity contribution in [3.63, 3.8) is 0 Å². The molecule has 2 aliphatic rings. The van der Waals surface area contributed by atoms with Crippen molar-refractivity contribution in [2.45, 2.75) is 59.0 Å². The molecule has 0 saturated heterocycles. The van der Waals surface area contributed by atoms with Crippen LogP contribution in [0.2, 0.25) is 0 Å². The van der Waals surface area contributed by atoms with Crippen molar-refractivity contribution in [3.8, 4) is 0 Å². The van der Waals surface area contributed by atoms with Gasteiger partial charge in [-0.25, -0.2) is 4.68 Å². The van der Waals surface area contributed by atoms with Gasteiger partial charge in [0.1, 0.15) is 5.69 Å². The Morgan fingerprint density at radius 1 is 1.32 bits per heavy atom. The van der Waals surface area contributed by atoms with E-state index in [1.54, 1.807) is 6.07 Å². The minimum Gasteiger partial charge on any atom is -0.335 e. The Balaban J connectivity index is 1.76. The number of hydrogen-bond donors (Lipinski definition) is 0. The van der Waals surface area contributed by atoms with Crippen molar-refractivity contribution in [2.24, 2.45) is 17.8 Å². The topological polar surface area (TPSA) is 55.2 Å². The molecule has 0 unspecified atom stereocenters. The van der Waals surface area contributed by atoms with Gasteiger partial charge in [0.2, 0.25) is 0 Å². The van der Waals surface area contributed by atoms with Crippen molar-refractivity contribution in [1.82, 2.24) is 14.7 Å². The summed E-state index contributed by atoms with van der Waals surface area (Å²) in [5.41, 5.74) is 0.238. The Morgan fingerprint density at radius 2 is 2.12 bits per heavy atom. The Kier molecular flexibility index (Phi) is 5.40. The first-order valence-corrected chi connectivity index (χ1v) is 9.57. The largest absolute Gasteiger partial charge is 0.335 e.